The number of hydrogen-bond acceptors (Lipinski definition) is 3. The fourth-order valence-electron chi connectivity index (χ4n) is 1.62. The van der Waals surface area contributed by atoms with Crippen molar-refractivity contribution in [2.75, 3.05) is 0 Å². The summed E-state index contributed by atoms with van der Waals surface area (Å²) in [6, 6.07) is 0. The second-order valence-corrected chi connectivity index (χ2v) is 5.16. The molecule has 0 aliphatic heterocycles. The number of aromatic nitrogens is 5. The second-order valence-electron chi connectivity index (χ2n) is 4.05. The average Bonchev–Trinajstić information content (AvgIpc) is 2.94. The number of hydrogen-bond donors (Lipinski definition) is 0. The minimum Gasteiger partial charge on any atom is -0.276 e. The van der Waals surface area contributed by atoms with Crippen LogP contribution in [0.15, 0.2) is 18.6 Å². The average molecular weight is 298 g/mol. The van der Waals surface area contributed by atoms with E-state index >= 15 is 0 Å². The third-order valence-corrected chi connectivity index (χ3v) is 3.74. The molecular formula is C11H16BrN5. The highest BCUT2D eigenvalue weighted by molar-refractivity contribution is 9.09. The molecule has 0 fully saturated rings. The molecule has 5 nitrogen and oxygen atoms in total. The van der Waals surface area contributed by atoms with Gasteiger partial charge in [-0.1, -0.05) is 28.1 Å². The van der Waals surface area contributed by atoms with Gasteiger partial charge in [-0.3, -0.25) is 9.36 Å². The van der Waals surface area contributed by atoms with Crippen LogP contribution in [0.2, 0.25) is 0 Å². The maximum atomic E-state index is 4.15. The zero-order valence-electron chi connectivity index (χ0n) is 10.0. The lowest BCUT2D eigenvalue weighted by Crippen LogP contribution is -2.01. The number of aryl methyl sites for hydroxylation is 3. The van der Waals surface area contributed by atoms with E-state index in [0.717, 1.165) is 25.1 Å². The summed E-state index contributed by atoms with van der Waals surface area (Å²) < 4.78 is 3.69. The van der Waals surface area contributed by atoms with Crippen molar-refractivity contribution < 1.29 is 0 Å². The topological polar surface area (TPSA) is 48.5 Å². The molecule has 0 N–H and O–H groups in total. The van der Waals surface area contributed by atoms with Gasteiger partial charge in [-0.15, -0.1) is 5.10 Å². The van der Waals surface area contributed by atoms with E-state index in [9.17, 15) is 0 Å². The van der Waals surface area contributed by atoms with E-state index in [0.29, 0.717) is 4.83 Å². The smallest absolute Gasteiger partial charge is 0.0963 e. The van der Waals surface area contributed by atoms with Crippen molar-refractivity contribution in [3.8, 4) is 0 Å². The van der Waals surface area contributed by atoms with E-state index in [4.69, 9.17) is 0 Å². The van der Waals surface area contributed by atoms with Crippen molar-refractivity contribution in [2.45, 2.75) is 31.1 Å². The number of rotatable bonds is 5. The zero-order chi connectivity index (χ0) is 12.3. The Hall–Kier alpha value is -1.17. The van der Waals surface area contributed by atoms with Gasteiger partial charge in [-0.05, 0) is 18.4 Å². The van der Waals surface area contributed by atoms with Crippen LogP contribution in [0.5, 0.6) is 0 Å². The van der Waals surface area contributed by atoms with E-state index in [2.05, 4.69) is 38.3 Å². The largest absolute Gasteiger partial charge is 0.276 e. The Morgan fingerprint density at radius 3 is 2.88 bits per heavy atom. The molecule has 0 saturated heterocycles. The van der Waals surface area contributed by atoms with Crippen molar-refractivity contribution in [2.24, 2.45) is 7.05 Å². The Morgan fingerprint density at radius 2 is 2.24 bits per heavy atom. The van der Waals surface area contributed by atoms with E-state index in [-0.39, 0.29) is 0 Å². The molecule has 0 aliphatic rings. The van der Waals surface area contributed by atoms with Gasteiger partial charge < -0.3 is 0 Å². The molecule has 17 heavy (non-hydrogen) atoms. The molecule has 0 amide bonds. The first-order valence-electron chi connectivity index (χ1n) is 5.70. The van der Waals surface area contributed by atoms with Gasteiger partial charge in [0.2, 0.25) is 0 Å². The Morgan fingerprint density at radius 1 is 1.41 bits per heavy atom. The summed E-state index contributed by atoms with van der Waals surface area (Å²) in [4.78, 5) is 0.301. The fraction of sp³-hybridized carbons (Fsp3) is 0.545. The van der Waals surface area contributed by atoms with Gasteiger partial charge in [0, 0.05) is 26.0 Å². The highest BCUT2D eigenvalue weighted by Crippen LogP contribution is 2.23. The standard InChI is InChI=1S/C11H16BrN5/c1-3-10(12)11-8-17(15-14-11)5-4-9-6-13-16(2)7-9/h6-8,10H,3-5H2,1-2H3. The molecule has 0 aromatic carbocycles. The number of halogens is 1. The zero-order valence-corrected chi connectivity index (χ0v) is 11.6. The molecule has 2 rings (SSSR count). The van der Waals surface area contributed by atoms with E-state index in [1.165, 1.54) is 5.56 Å². The lowest BCUT2D eigenvalue weighted by molar-refractivity contribution is 0.589. The van der Waals surface area contributed by atoms with Crippen LogP contribution in [0, 0.1) is 0 Å². The molecule has 1 atom stereocenters. The highest BCUT2D eigenvalue weighted by atomic mass is 79.9. The predicted molar refractivity (Wildman–Crippen MR) is 68.9 cm³/mol. The molecule has 0 aliphatic carbocycles. The molecule has 2 aromatic heterocycles. The Labute approximate surface area is 109 Å². The van der Waals surface area contributed by atoms with Crippen LogP contribution in [0.4, 0.5) is 0 Å². The summed E-state index contributed by atoms with van der Waals surface area (Å²) in [6.07, 6.45) is 7.85. The van der Waals surface area contributed by atoms with Crippen LogP contribution in [-0.4, -0.2) is 24.8 Å². The van der Waals surface area contributed by atoms with Crippen LogP contribution in [-0.2, 0) is 20.0 Å². The van der Waals surface area contributed by atoms with Crippen molar-refractivity contribution in [3.63, 3.8) is 0 Å². The monoisotopic (exact) mass is 297 g/mol. The molecule has 2 aromatic rings. The summed E-state index contributed by atoms with van der Waals surface area (Å²) >= 11 is 3.57. The molecule has 0 bridgehead atoms. The molecular weight excluding hydrogens is 282 g/mol. The molecule has 0 saturated carbocycles. The van der Waals surface area contributed by atoms with Gasteiger partial charge in [-0.2, -0.15) is 5.10 Å². The number of nitrogens with zero attached hydrogens (tertiary/aromatic N) is 5. The van der Waals surface area contributed by atoms with E-state index < -0.39 is 0 Å². The third kappa shape index (κ3) is 3.15. The van der Waals surface area contributed by atoms with Gasteiger partial charge in [0.25, 0.3) is 0 Å². The van der Waals surface area contributed by atoms with E-state index in [1.807, 2.05) is 35.0 Å². The van der Waals surface area contributed by atoms with Gasteiger partial charge in [0.15, 0.2) is 0 Å². The lowest BCUT2D eigenvalue weighted by Gasteiger charge is -1.99. The van der Waals surface area contributed by atoms with Crippen LogP contribution < -0.4 is 0 Å². The maximum absolute atomic E-state index is 4.15. The minimum absolute atomic E-state index is 0.301. The van der Waals surface area contributed by atoms with Crippen molar-refractivity contribution in [1.82, 2.24) is 24.8 Å². The fourth-order valence-corrected chi connectivity index (χ4v) is 1.83. The normalized spacial score (nSPS) is 12.9. The van der Waals surface area contributed by atoms with Crippen molar-refractivity contribution >= 4 is 15.9 Å². The first-order valence-corrected chi connectivity index (χ1v) is 6.62. The molecule has 0 radical (unpaired) electrons. The predicted octanol–water partition coefficient (Wildman–Crippen LogP) is 2.10. The first kappa shape index (κ1) is 12.3. The molecule has 2 heterocycles. The summed E-state index contributed by atoms with van der Waals surface area (Å²) in [5.74, 6) is 0. The van der Waals surface area contributed by atoms with Crippen molar-refractivity contribution in [1.29, 1.82) is 0 Å². The van der Waals surface area contributed by atoms with Crippen LogP contribution in [0.25, 0.3) is 0 Å². The first-order chi connectivity index (χ1) is 8.19. The van der Waals surface area contributed by atoms with Gasteiger partial charge in [0.05, 0.1) is 16.7 Å². The van der Waals surface area contributed by atoms with Gasteiger partial charge >= 0.3 is 0 Å². The lowest BCUT2D eigenvalue weighted by atomic mass is 10.2. The minimum atomic E-state index is 0.301. The third-order valence-electron chi connectivity index (χ3n) is 2.62. The summed E-state index contributed by atoms with van der Waals surface area (Å²) in [7, 11) is 1.92. The van der Waals surface area contributed by atoms with Crippen molar-refractivity contribution in [3.05, 3.63) is 29.8 Å². The maximum Gasteiger partial charge on any atom is 0.0963 e. The number of alkyl halides is 1. The van der Waals surface area contributed by atoms with Crippen LogP contribution >= 0.6 is 15.9 Å². The SMILES string of the molecule is CCC(Br)c1cn(CCc2cnn(C)c2)nn1. The van der Waals surface area contributed by atoms with E-state index in [1.54, 1.807) is 0 Å². The highest BCUT2D eigenvalue weighted by Gasteiger charge is 2.09. The Balaban J connectivity index is 1.93. The molecule has 0 spiro atoms. The molecule has 92 valence electrons. The summed E-state index contributed by atoms with van der Waals surface area (Å²) in [6.45, 7) is 2.95. The van der Waals surface area contributed by atoms with Gasteiger partial charge in [-0.25, -0.2) is 0 Å². The van der Waals surface area contributed by atoms with Crippen LogP contribution in [0.3, 0.4) is 0 Å². The van der Waals surface area contributed by atoms with Gasteiger partial charge in [0.1, 0.15) is 0 Å². The quantitative estimate of drug-likeness (QED) is 0.794. The molecule has 1 unspecified atom stereocenters. The Kier molecular flexibility index (Phi) is 3.93. The summed E-state index contributed by atoms with van der Waals surface area (Å²) in [5, 5.41) is 12.4. The van der Waals surface area contributed by atoms with Crippen LogP contribution in [0.1, 0.15) is 29.4 Å². The molecule has 6 heteroatoms. The summed E-state index contributed by atoms with van der Waals surface area (Å²) in [5.41, 5.74) is 2.22. The second kappa shape index (κ2) is 5.44. The Bertz CT molecular complexity index is 476.